The lowest BCUT2D eigenvalue weighted by Crippen LogP contribution is -2.69. The van der Waals surface area contributed by atoms with E-state index in [9.17, 15) is 70.9 Å². The maximum Gasteiger partial charge on any atom is 0.303 e. The molecule has 0 aromatic carbocycles. The number of aliphatic hydroxyl groups is 12. The van der Waals surface area contributed by atoms with Crippen molar-refractivity contribution in [3.63, 3.8) is 0 Å². The molecule has 25 atom stereocenters. The molecule has 25 heteroatoms. The zero-order valence-electron chi connectivity index (χ0n) is 32.6. The number of hydrogen-bond donors (Lipinski definition) is 13. The summed E-state index contributed by atoms with van der Waals surface area (Å²) in [7, 11) is 0. The molecule has 5 rings (SSSR count). The maximum atomic E-state index is 12.5. The standard InChI is InChI=1S/C34H57NO24/c1-8-16(40)22(46)28(59-32-24(48)26(17(41)9(2)50-32)57-31-23(47)21(45)19(43)13(6-36)55-31)33(51-8)58-27-18(42)10(3)52-34(29(27)53-12(5)39)56-25-15(35-11(4)38)30(49)54-14(7-37)20(25)44/h8-10,13-34,36-37,40-49H,6-7H2,1-5H3,(H,35,38)/t8?,9?,10?,13-,14?,15?,16-,17-,18-,19+,20+,21?,22-,23?,24?,25+,26-,27-,28?,29?,30+,31+,32-,33-,34-/m0/s1. The van der Waals surface area contributed by atoms with Gasteiger partial charge in [0.05, 0.1) is 31.5 Å². The van der Waals surface area contributed by atoms with Crippen molar-refractivity contribution in [1.29, 1.82) is 0 Å². The summed E-state index contributed by atoms with van der Waals surface area (Å²) in [5, 5.41) is 130. The lowest BCUT2D eigenvalue weighted by molar-refractivity contribution is -0.396. The zero-order chi connectivity index (χ0) is 43.8. The van der Waals surface area contributed by atoms with Gasteiger partial charge in [-0.05, 0) is 20.8 Å². The Labute approximate surface area is 336 Å². The summed E-state index contributed by atoms with van der Waals surface area (Å²) in [6.45, 7) is 4.56. The van der Waals surface area contributed by atoms with Gasteiger partial charge in [0, 0.05) is 13.8 Å². The second-order valence-electron chi connectivity index (χ2n) is 15.2. The summed E-state index contributed by atoms with van der Waals surface area (Å²) in [5.41, 5.74) is 0. The minimum absolute atomic E-state index is 0.676. The molecule has 5 aliphatic rings. The lowest BCUT2D eigenvalue weighted by Gasteiger charge is -2.50. The summed E-state index contributed by atoms with van der Waals surface area (Å²) in [6, 6.07) is -1.47. The number of esters is 1. The molecule has 0 aromatic heterocycles. The molecule has 0 saturated carbocycles. The molecule has 0 radical (unpaired) electrons. The van der Waals surface area contributed by atoms with Crippen molar-refractivity contribution in [3.8, 4) is 0 Å². The molecule has 59 heavy (non-hydrogen) atoms. The number of ether oxygens (including phenoxy) is 10. The third-order valence-corrected chi connectivity index (χ3v) is 10.9. The minimum Gasteiger partial charge on any atom is -0.454 e. The minimum atomic E-state index is -2.00. The summed E-state index contributed by atoms with van der Waals surface area (Å²) >= 11 is 0. The van der Waals surface area contributed by atoms with Crippen molar-refractivity contribution in [2.24, 2.45) is 0 Å². The largest absolute Gasteiger partial charge is 0.454 e. The Morgan fingerprint density at radius 1 is 0.475 bits per heavy atom. The molecule has 1 amide bonds. The van der Waals surface area contributed by atoms with Crippen molar-refractivity contribution in [1.82, 2.24) is 5.32 Å². The van der Waals surface area contributed by atoms with Crippen LogP contribution in [0, 0.1) is 0 Å². The maximum absolute atomic E-state index is 12.5. The highest BCUT2D eigenvalue weighted by Gasteiger charge is 2.57. The zero-order valence-corrected chi connectivity index (χ0v) is 32.6. The van der Waals surface area contributed by atoms with Crippen LogP contribution in [-0.4, -0.2) is 240 Å². The third kappa shape index (κ3) is 10.3. The fraction of sp³-hybridized carbons (Fsp3) is 0.941. The van der Waals surface area contributed by atoms with E-state index in [1.54, 1.807) is 0 Å². The van der Waals surface area contributed by atoms with Crippen molar-refractivity contribution in [3.05, 3.63) is 0 Å². The number of nitrogens with one attached hydrogen (secondary N) is 1. The van der Waals surface area contributed by atoms with Gasteiger partial charge in [-0.15, -0.1) is 0 Å². The molecule has 10 unspecified atom stereocenters. The van der Waals surface area contributed by atoms with Crippen LogP contribution in [-0.2, 0) is 57.0 Å². The SMILES string of the molecule is CC(=O)NC1[C@H](O)OC(CO)[C@@H](O)[C@@H]1O[C@@H]1OC(C)[C@H](O)[C@H](O[C@@H]2OC(C)[C@H](O)[C@H](O)C2O[C@@H]2OC(C)[C@H](O)[C@H](O[C@H]3O[C@@H](CO)[C@@H](O)C(O)C3O)C2O)C1OC(C)=O. The fourth-order valence-electron chi connectivity index (χ4n) is 7.53. The molecule has 5 aliphatic heterocycles. The van der Waals surface area contributed by atoms with Crippen LogP contribution in [0.2, 0.25) is 0 Å². The summed E-state index contributed by atoms with van der Waals surface area (Å²) < 4.78 is 57.3. The number of hydrogen-bond acceptors (Lipinski definition) is 24. The van der Waals surface area contributed by atoms with Crippen LogP contribution in [0.4, 0.5) is 0 Å². The van der Waals surface area contributed by atoms with Gasteiger partial charge in [0.25, 0.3) is 0 Å². The van der Waals surface area contributed by atoms with E-state index in [4.69, 9.17) is 47.4 Å². The van der Waals surface area contributed by atoms with Crippen LogP contribution in [0.15, 0.2) is 0 Å². The van der Waals surface area contributed by atoms with E-state index in [0.717, 1.165) is 13.8 Å². The topological polar surface area (TPSA) is 381 Å². The van der Waals surface area contributed by atoms with E-state index in [-0.39, 0.29) is 0 Å². The summed E-state index contributed by atoms with van der Waals surface area (Å²) in [5.74, 6) is -1.63. The molecule has 13 N–H and O–H groups in total. The normalized spacial score (nSPS) is 50.8. The number of amides is 1. The average Bonchev–Trinajstić information content (AvgIpc) is 3.18. The molecule has 25 nitrogen and oxygen atoms in total. The highest BCUT2D eigenvalue weighted by atomic mass is 16.8. The molecular formula is C34H57NO24. The number of rotatable bonds is 12. The fourth-order valence-corrected chi connectivity index (χ4v) is 7.53. The van der Waals surface area contributed by atoms with E-state index >= 15 is 0 Å². The molecule has 5 fully saturated rings. The van der Waals surface area contributed by atoms with Crippen LogP contribution in [0.5, 0.6) is 0 Å². The van der Waals surface area contributed by atoms with Crippen LogP contribution in [0.25, 0.3) is 0 Å². The van der Waals surface area contributed by atoms with Gasteiger partial charge in [-0.25, -0.2) is 0 Å². The Kier molecular flexibility index (Phi) is 16.4. The van der Waals surface area contributed by atoms with Crippen LogP contribution < -0.4 is 5.32 Å². The molecule has 342 valence electrons. The predicted octanol–water partition coefficient (Wildman–Crippen LogP) is -8.13. The highest BCUT2D eigenvalue weighted by molar-refractivity contribution is 5.73. The van der Waals surface area contributed by atoms with Crippen LogP contribution in [0.1, 0.15) is 34.6 Å². The van der Waals surface area contributed by atoms with E-state index < -0.39 is 179 Å². The first-order chi connectivity index (χ1) is 27.7. The lowest BCUT2D eigenvalue weighted by atomic mass is 9.95. The molecule has 0 aromatic rings. The quantitative estimate of drug-likeness (QED) is 0.0810. The molecular weight excluding hydrogens is 806 g/mol. The molecule has 0 spiro atoms. The van der Waals surface area contributed by atoms with Gasteiger partial charge in [0.1, 0.15) is 97.6 Å². The first kappa shape index (κ1) is 48.1. The summed E-state index contributed by atoms with van der Waals surface area (Å²) in [4.78, 5) is 24.5. The second kappa shape index (κ2) is 20.1. The van der Waals surface area contributed by atoms with Crippen molar-refractivity contribution >= 4 is 11.9 Å². The van der Waals surface area contributed by atoms with E-state index in [1.807, 2.05) is 0 Å². The predicted molar refractivity (Wildman–Crippen MR) is 183 cm³/mol. The van der Waals surface area contributed by atoms with Gasteiger partial charge < -0.3 is 114 Å². The molecule has 5 heterocycles. The Morgan fingerprint density at radius 3 is 1.53 bits per heavy atom. The molecule has 0 bridgehead atoms. The van der Waals surface area contributed by atoms with Crippen molar-refractivity contribution < 1.29 is 118 Å². The van der Waals surface area contributed by atoms with Gasteiger partial charge in [-0.3, -0.25) is 9.59 Å². The van der Waals surface area contributed by atoms with Gasteiger partial charge in [0.15, 0.2) is 37.6 Å². The number of carbonyl (C=O) groups is 2. The molecule has 0 aliphatic carbocycles. The van der Waals surface area contributed by atoms with E-state index in [0.29, 0.717) is 0 Å². The van der Waals surface area contributed by atoms with Crippen LogP contribution in [0.3, 0.4) is 0 Å². The monoisotopic (exact) mass is 863 g/mol. The van der Waals surface area contributed by atoms with Crippen molar-refractivity contribution in [2.75, 3.05) is 13.2 Å². The molecule has 5 saturated heterocycles. The van der Waals surface area contributed by atoms with Crippen LogP contribution >= 0.6 is 0 Å². The number of aliphatic hydroxyl groups excluding tert-OH is 12. The second-order valence-corrected chi connectivity index (χ2v) is 15.2. The smallest absolute Gasteiger partial charge is 0.303 e. The van der Waals surface area contributed by atoms with Gasteiger partial charge in [-0.1, -0.05) is 0 Å². The summed E-state index contributed by atoms with van der Waals surface area (Å²) in [6.07, 6.45) is -40.4. The van der Waals surface area contributed by atoms with E-state index in [1.165, 1.54) is 20.8 Å². The Bertz CT molecular complexity index is 1380. The van der Waals surface area contributed by atoms with Gasteiger partial charge in [-0.2, -0.15) is 0 Å². The Morgan fingerprint density at radius 2 is 0.949 bits per heavy atom. The Balaban J connectivity index is 1.41. The van der Waals surface area contributed by atoms with Gasteiger partial charge >= 0.3 is 5.97 Å². The van der Waals surface area contributed by atoms with E-state index in [2.05, 4.69) is 5.32 Å². The number of carbonyl (C=O) groups excluding carboxylic acids is 2. The van der Waals surface area contributed by atoms with Gasteiger partial charge in [0.2, 0.25) is 5.91 Å². The third-order valence-electron chi connectivity index (χ3n) is 10.9. The first-order valence-electron chi connectivity index (χ1n) is 19.1. The van der Waals surface area contributed by atoms with Crippen molar-refractivity contribution in [2.45, 2.75) is 188 Å². The Hall–Kier alpha value is -1.90. The average molecular weight is 864 g/mol. The highest BCUT2D eigenvalue weighted by Crippen LogP contribution is 2.36. The first-order valence-corrected chi connectivity index (χ1v) is 19.1.